The first-order valence-electron chi connectivity index (χ1n) is 12.3. The lowest BCUT2D eigenvalue weighted by molar-refractivity contribution is -0.900. The van der Waals surface area contributed by atoms with Gasteiger partial charge < -0.3 is 9.64 Å². The van der Waals surface area contributed by atoms with E-state index in [1.807, 2.05) is 18.2 Å². The predicted octanol–water partition coefficient (Wildman–Crippen LogP) is 2.82. The normalized spacial score (nSPS) is 14.6. The third-order valence-electron chi connectivity index (χ3n) is 6.88. The molecule has 0 aliphatic carbocycles. The summed E-state index contributed by atoms with van der Waals surface area (Å²) in [6.07, 6.45) is 1.92. The fourth-order valence-electron chi connectivity index (χ4n) is 5.01. The van der Waals surface area contributed by atoms with Crippen LogP contribution in [0.2, 0.25) is 0 Å². The Morgan fingerprint density at radius 1 is 1.12 bits per heavy atom. The highest BCUT2D eigenvalue weighted by molar-refractivity contribution is 5.77. The summed E-state index contributed by atoms with van der Waals surface area (Å²) in [6.45, 7) is 10.1. The van der Waals surface area contributed by atoms with E-state index >= 15 is 0 Å². The maximum atomic E-state index is 9.97. The molecule has 0 atom stereocenters. The first-order chi connectivity index (χ1) is 16.7. The van der Waals surface area contributed by atoms with E-state index in [0.717, 1.165) is 85.7 Å². The van der Waals surface area contributed by atoms with Gasteiger partial charge in [0.25, 0.3) is 0 Å². The molecular formula is C28H33N5O+2. The van der Waals surface area contributed by atoms with Crippen molar-refractivity contribution in [2.75, 3.05) is 44.2 Å². The standard InChI is InChI=1S/C28H31N5O/c1-3-6-22-19-27(33-26-8-5-4-7-25(26)30-28(33)24(22)20-29)32-15-13-31(14-16-32)17-18-34-23-11-9-21(2)10-12-23/h4-5,7-12,19H,3,6,13-18H2,1-2H3/p+2. The summed E-state index contributed by atoms with van der Waals surface area (Å²) in [5, 5.41) is 9.97. The van der Waals surface area contributed by atoms with E-state index in [9.17, 15) is 5.26 Å². The van der Waals surface area contributed by atoms with Crippen molar-refractivity contribution in [3.05, 3.63) is 71.3 Å². The highest BCUT2D eigenvalue weighted by Crippen LogP contribution is 2.24. The van der Waals surface area contributed by atoms with Gasteiger partial charge in [-0.25, -0.2) is 0 Å². The number of pyridine rings is 1. The second-order valence-electron chi connectivity index (χ2n) is 9.24. The van der Waals surface area contributed by atoms with Crippen molar-refractivity contribution in [1.29, 1.82) is 5.26 Å². The highest BCUT2D eigenvalue weighted by atomic mass is 16.5. The molecule has 0 spiro atoms. The van der Waals surface area contributed by atoms with E-state index in [1.54, 1.807) is 4.90 Å². The van der Waals surface area contributed by atoms with Gasteiger partial charge in [-0.15, -0.1) is 0 Å². The average molecular weight is 456 g/mol. The molecule has 5 rings (SSSR count). The molecule has 1 aliphatic rings. The second kappa shape index (κ2) is 9.74. The molecule has 2 N–H and O–H groups in total. The quantitative estimate of drug-likeness (QED) is 0.422. The van der Waals surface area contributed by atoms with Crippen molar-refractivity contribution in [3.63, 3.8) is 0 Å². The number of anilines is 1. The summed E-state index contributed by atoms with van der Waals surface area (Å²) in [5.41, 5.74) is 6.24. The molecule has 1 aliphatic heterocycles. The van der Waals surface area contributed by atoms with Crippen molar-refractivity contribution in [2.45, 2.75) is 26.7 Å². The number of piperazine rings is 1. The Morgan fingerprint density at radius 2 is 1.88 bits per heavy atom. The van der Waals surface area contributed by atoms with Gasteiger partial charge >= 0.3 is 0 Å². The highest BCUT2D eigenvalue weighted by Gasteiger charge is 2.29. The number of fused-ring (bicyclic) bond motifs is 3. The first kappa shape index (κ1) is 22.2. The Hall–Kier alpha value is -3.56. The summed E-state index contributed by atoms with van der Waals surface area (Å²) < 4.78 is 8.21. The molecule has 174 valence electrons. The molecule has 4 aromatic rings. The molecule has 0 radical (unpaired) electrons. The van der Waals surface area contributed by atoms with Crippen LogP contribution in [0, 0.1) is 18.3 Å². The van der Waals surface area contributed by atoms with Crippen molar-refractivity contribution in [2.24, 2.45) is 0 Å². The number of aromatic amines is 1. The number of hydrogen-bond acceptors (Lipinski definition) is 3. The second-order valence-corrected chi connectivity index (χ2v) is 9.24. The molecule has 6 nitrogen and oxygen atoms in total. The molecule has 0 bridgehead atoms. The minimum Gasteiger partial charge on any atom is -0.488 e. The van der Waals surface area contributed by atoms with Crippen LogP contribution in [0.3, 0.4) is 0 Å². The number of aryl methyl sites for hydroxylation is 2. The Morgan fingerprint density at radius 3 is 2.62 bits per heavy atom. The topological polar surface area (TPSA) is 60.6 Å². The number of nitriles is 1. The van der Waals surface area contributed by atoms with Crippen molar-refractivity contribution in [1.82, 2.24) is 4.98 Å². The lowest BCUT2D eigenvalue weighted by Gasteiger charge is -2.30. The molecule has 0 unspecified atom stereocenters. The molecule has 1 saturated heterocycles. The summed E-state index contributed by atoms with van der Waals surface area (Å²) in [4.78, 5) is 7.58. The molecule has 0 saturated carbocycles. The fourth-order valence-corrected chi connectivity index (χ4v) is 5.01. The third kappa shape index (κ3) is 4.32. The number of H-pyrrole nitrogens is 1. The number of aromatic nitrogens is 2. The van der Waals surface area contributed by atoms with Crippen LogP contribution < -0.4 is 18.9 Å². The predicted molar refractivity (Wildman–Crippen MR) is 135 cm³/mol. The Labute approximate surface area is 201 Å². The maximum absolute atomic E-state index is 9.97. The van der Waals surface area contributed by atoms with E-state index < -0.39 is 0 Å². The van der Waals surface area contributed by atoms with E-state index in [2.05, 4.69) is 70.6 Å². The molecular weight excluding hydrogens is 422 g/mol. The Balaban J connectivity index is 1.35. The molecule has 1 fully saturated rings. The van der Waals surface area contributed by atoms with E-state index in [1.165, 1.54) is 11.4 Å². The van der Waals surface area contributed by atoms with Gasteiger partial charge in [0.05, 0.1) is 0 Å². The van der Waals surface area contributed by atoms with Crippen LogP contribution in [0.15, 0.2) is 54.6 Å². The number of quaternary nitrogens is 1. The molecule has 2 aromatic heterocycles. The number of benzene rings is 2. The fraction of sp³-hybridized carbons (Fsp3) is 0.357. The largest absolute Gasteiger partial charge is 0.488 e. The van der Waals surface area contributed by atoms with Crippen LogP contribution in [0.4, 0.5) is 5.82 Å². The van der Waals surface area contributed by atoms with Crippen LogP contribution in [0.5, 0.6) is 5.75 Å². The maximum Gasteiger partial charge on any atom is 0.250 e. The number of para-hydroxylation sites is 2. The van der Waals surface area contributed by atoms with E-state index in [0.29, 0.717) is 0 Å². The van der Waals surface area contributed by atoms with Crippen LogP contribution in [0.1, 0.15) is 30.0 Å². The minimum atomic E-state index is 0.733. The number of nitrogens with one attached hydrogen (secondary N) is 2. The lowest BCUT2D eigenvalue weighted by Crippen LogP contribution is -3.15. The van der Waals surface area contributed by atoms with Gasteiger partial charge in [0.2, 0.25) is 11.5 Å². The van der Waals surface area contributed by atoms with Crippen molar-refractivity contribution >= 4 is 22.5 Å². The number of hydrogen-bond donors (Lipinski definition) is 2. The zero-order valence-corrected chi connectivity index (χ0v) is 20.1. The van der Waals surface area contributed by atoms with E-state index in [4.69, 9.17) is 4.74 Å². The molecule has 34 heavy (non-hydrogen) atoms. The number of nitrogens with zero attached hydrogens (tertiary/aromatic N) is 3. The van der Waals surface area contributed by atoms with Crippen LogP contribution >= 0.6 is 0 Å². The zero-order valence-electron chi connectivity index (χ0n) is 20.1. The Bertz CT molecular complexity index is 1330. The molecule has 2 aromatic carbocycles. The summed E-state index contributed by atoms with van der Waals surface area (Å²) in [7, 11) is 0. The van der Waals surface area contributed by atoms with Crippen molar-refractivity contribution < 1.29 is 14.0 Å². The minimum absolute atomic E-state index is 0.733. The van der Waals surface area contributed by atoms with Gasteiger partial charge in [0.1, 0.15) is 67.7 Å². The van der Waals surface area contributed by atoms with Gasteiger partial charge in [-0.05, 0) is 43.2 Å². The smallest absolute Gasteiger partial charge is 0.250 e. The van der Waals surface area contributed by atoms with E-state index in [-0.39, 0.29) is 0 Å². The SMILES string of the molecule is CCCc1cc(N2CC[NH+](CCOc3ccc(C)cc3)CC2)[n+]2c([nH]c3ccccc32)c1C#N. The van der Waals surface area contributed by atoms with Crippen LogP contribution in [-0.2, 0) is 6.42 Å². The molecule has 3 heterocycles. The monoisotopic (exact) mass is 455 g/mol. The number of ether oxygens (including phenoxy) is 1. The molecule has 6 heteroatoms. The summed E-state index contributed by atoms with van der Waals surface area (Å²) in [6, 6.07) is 21.3. The van der Waals surface area contributed by atoms with Gasteiger partial charge in [0, 0.05) is 6.07 Å². The van der Waals surface area contributed by atoms with Crippen LogP contribution in [-0.4, -0.2) is 44.3 Å². The van der Waals surface area contributed by atoms with Gasteiger partial charge in [-0.1, -0.05) is 43.2 Å². The lowest BCUT2D eigenvalue weighted by atomic mass is 10.1. The Kier molecular flexibility index (Phi) is 6.37. The average Bonchev–Trinajstić information content (AvgIpc) is 3.25. The van der Waals surface area contributed by atoms with Crippen LogP contribution in [0.25, 0.3) is 16.7 Å². The molecule has 0 amide bonds. The number of rotatable bonds is 7. The van der Waals surface area contributed by atoms with Gasteiger partial charge in [0.15, 0.2) is 0 Å². The zero-order chi connectivity index (χ0) is 23.5. The number of imidazole rings is 1. The third-order valence-corrected chi connectivity index (χ3v) is 6.88. The van der Waals surface area contributed by atoms with Gasteiger partial charge in [-0.2, -0.15) is 9.66 Å². The van der Waals surface area contributed by atoms with Gasteiger partial charge in [-0.3, -0.25) is 9.88 Å². The van der Waals surface area contributed by atoms with Crippen molar-refractivity contribution in [3.8, 4) is 11.8 Å². The summed E-state index contributed by atoms with van der Waals surface area (Å²) in [5.74, 6) is 2.13. The summed E-state index contributed by atoms with van der Waals surface area (Å²) >= 11 is 0. The first-order valence-corrected chi connectivity index (χ1v) is 12.3.